The van der Waals surface area contributed by atoms with Gasteiger partial charge in [-0.25, -0.2) is 4.98 Å². The van der Waals surface area contributed by atoms with Crippen molar-refractivity contribution in [2.24, 2.45) is 0 Å². The maximum atomic E-state index is 6.50. The summed E-state index contributed by atoms with van der Waals surface area (Å²) in [4.78, 5) is 9.78. The minimum atomic E-state index is -0.561. The Kier molecular flexibility index (Phi) is 6.04. The van der Waals surface area contributed by atoms with E-state index in [1.807, 2.05) is 24.4 Å². The Balaban J connectivity index is 1.22. The first-order valence-electron chi connectivity index (χ1n) is 15.6. The summed E-state index contributed by atoms with van der Waals surface area (Å²) in [7, 11) is 0. The molecule has 1 aliphatic heterocycles. The SMILES string of the molecule is c1ccc(C2(c3cccc(-c4cccc(-c5ccc6ccc7cccnc7c6n5)c4)c3)c3ccccc3Oc3ccccc32)cc1. The first kappa shape index (κ1) is 26.4. The molecule has 0 fully saturated rings. The molecule has 0 spiro atoms. The van der Waals surface area contributed by atoms with E-state index in [9.17, 15) is 0 Å². The van der Waals surface area contributed by atoms with Crippen LogP contribution < -0.4 is 4.74 Å². The van der Waals surface area contributed by atoms with E-state index >= 15 is 0 Å². The zero-order chi connectivity index (χ0) is 30.5. The standard InChI is InChI=1S/C43H28N2O/c1-2-15-34(16-3-1)43(36-18-4-6-20-39(36)46-40-21-7-5-19-37(40)43)35-17-9-12-32(28-35)31-11-8-13-33(27-31)38-25-24-30-23-22-29-14-10-26-44-41(29)42(30)45-38/h1-28H. The lowest BCUT2D eigenvalue weighted by molar-refractivity contribution is 0.434. The first-order chi connectivity index (χ1) is 22.8. The molecule has 0 bridgehead atoms. The molecule has 0 amide bonds. The highest BCUT2D eigenvalue weighted by molar-refractivity contribution is 6.03. The van der Waals surface area contributed by atoms with Crippen LogP contribution in [0.2, 0.25) is 0 Å². The highest BCUT2D eigenvalue weighted by atomic mass is 16.5. The maximum Gasteiger partial charge on any atom is 0.132 e. The van der Waals surface area contributed by atoms with Crippen LogP contribution in [-0.2, 0) is 5.41 Å². The molecule has 0 saturated heterocycles. The smallest absolute Gasteiger partial charge is 0.132 e. The van der Waals surface area contributed by atoms with Crippen LogP contribution in [0.25, 0.3) is 44.2 Å². The molecule has 3 heteroatoms. The summed E-state index contributed by atoms with van der Waals surface area (Å²) in [5.74, 6) is 1.75. The fourth-order valence-corrected chi connectivity index (χ4v) is 7.15. The number of rotatable bonds is 4. The van der Waals surface area contributed by atoms with Gasteiger partial charge < -0.3 is 4.74 Å². The summed E-state index contributed by atoms with van der Waals surface area (Å²) in [6.07, 6.45) is 1.83. The number of fused-ring (bicyclic) bond motifs is 5. The van der Waals surface area contributed by atoms with Crippen molar-refractivity contribution in [2.75, 3.05) is 0 Å². The number of hydrogen-bond acceptors (Lipinski definition) is 3. The molecule has 0 unspecified atom stereocenters. The number of nitrogens with zero attached hydrogens (tertiary/aromatic N) is 2. The molecule has 0 saturated carbocycles. The lowest BCUT2D eigenvalue weighted by atomic mass is 9.63. The zero-order valence-electron chi connectivity index (χ0n) is 25.0. The Labute approximate surface area is 267 Å². The third kappa shape index (κ3) is 4.06. The van der Waals surface area contributed by atoms with Crippen LogP contribution in [0.4, 0.5) is 0 Å². The van der Waals surface area contributed by atoms with Gasteiger partial charge in [-0.15, -0.1) is 0 Å². The highest BCUT2D eigenvalue weighted by Gasteiger charge is 2.45. The van der Waals surface area contributed by atoms with Crippen LogP contribution in [0.3, 0.4) is 0 Å². The van der Waals surface area contributed by atoms with Crippen LogP contribution in [0.5, 0.6) is 11.5 Å². The number of aromatic nitrogens is 2. The van der Waals surface area contributed by atoms with Crippen molar-refractivity contribution >= 4 is 21.8 Å². The monoisotopic (exact) mass is 588 g/mol. The first-order valence-corrected chi connectivity index (χ1v) is 15.6. The van der Waals surface area contributed by atoms with Crippen LogP contribution in [0, 0.1) is 0 Å². The summed E-state index contributed by atoms with van der Waals surface area (Å²) < 4.78 is 6.50. The van der Waals surface area contributed by atoms with E-state index in [1.54, 1.807) is 0 Å². The zero-order valence-corrected chi connectivity index (χ0v) is 25.0. The molecule has 46 heavy (non-hydrogen) atoms. The van der Waals surface area contributed by atoms with Gasteiger partial charge in [0.05, 0.1) is 22.1 Å². The van der Waals surface area contributed by atoms with Gasteiger partial charge in [0.25, 0.3) is 0 Å². The van der Waals surface area contributed by atoms with E-state index in [0.29, 0.717) is 0 Å². The van der Waals surface area contributed by atoms with Gasteiger partial charge in [-0.2, -0.15) is 0 Å². The molecule has 6 aromatic carbocycles. The largest absolute Gasteiger partial charge is 0.457 e. The Bertz CT molecular complexity index is 2370. The van der Waals surface area contributed by atoms with E-state index in [4.69, 9.17) is 9.72 Å². The van der Waals surface area contributed by atoms with Crippen molar-refractivity contribution in [3.63, 3.8) is 0 Å². The normalized spacial score (nSPS) is 13.1. The van der Waals surface area contributed by atoms with Gasteiger partial charge in [0.1, 0.15) is 11.5 Å². The molecule has 0 aliphatic carbocycles. The lowest BCUT2D eigenvalue weighted by Gasteiger charge is -2.41. The van der Waals surface area contributed by atoms with Gasteiger partial charge in [0.2, 0.25) is 0 Å². The topological polar surface area (TPSA) is 35.0 Å². The van der Waals surface area contributed by atoms with Gasteiger partial charge in [-0.3, -0.25) is 4.98 Å². The molecule has 0 radical (unpaired) electrons. The van der Waals surface area contributed by atoms with Crippen LogP contribution in [0.1, 0.15) is 22.3 Å². The molecule has 3 heterocycles. The molecular weight excluding hydrogens is 560 g/mol. The van der Waals surface area contributed by atoms with E-state index in [1.165, 1.54) is 11.1 Å². The second-order valence-corrected chi connectivity index (χ2v) is 11.8. The molecular formula is C43H28N2O. The third-order valence-corrected chi connectivity index (χ3v) is 9.23. The van der Waals surface area contributed by atoms with E-state index in [0.717, 1.165) is 66.8 Å². The predicted octanol–water partition coefficient (Wildman–Crippen LogP) is 10.6. The number of ether oxygens (including phenoxy) is 1. The number of para-hydroxylation sites is 2. The van der Waals surface area contributed by atoms with Crippen molar-refractivity contribution in [3.05, 3.63) is 192 Å². The minimum absolute atomic E-state index is 0.561. The second-order valence-electron chi connectivity index (χ2n) is 11.8. The molecule has 3 nitrogen and oxygen atoms in total. The van der Waals surface area contributed by atoms with Gasteiger partial charge in [-0.05, 0) is 58.7 Å². The number of hydrogen-bond donors (Lipinski definition) is 0. The summed E-state index contributed by atoms with van der Waals surface area (Å²) in [6.45, 7) is 0. The number of pyridine rings is 2. The second kappa shape index (κ2) is 10.5. The van der Waals surface area contributed by atoms with Gasteiger partial charge >= 0.3 is 0 Å². The van der Waals surface area contributed by atoms with Gasteiger partial charge in [-0.1, -0.05) is 127 Å². The van der Waals surface area contributed by atoms with Crippen molar-refractivity contribution < 1.29 is 4.74 Å². The molecule has 0 N–H and O–H groups in total. The van der Waals surface area contributed by atoms with Crippen molar-refractivity contribution in [2.45, 2.75) is 5.41 Å². The Morgan fingerprint density at radius 1 is 0.435 bits per heavy atom. The summed E-state index contributed by atoms with van der Waals surface area (Å²) in [6, 6.07) is 57.8. The maximum absolute atomic E-state index is 6.50. The Morgan fingerprint density at radius 2 is 1.04 bits per heavy atom. The number of benzene rings is 6. The van der Waals surface area contributed by atoms with E-state index in [2.05, 4.69) is 151 Å². The van der Waals surface area contributed by atoms with Crippen LogP contribution >= 0.6 is 0 Å². The van der Waals surface area contributed by atoms with Crippen LogP contribution in [-0.4, -0.2) is 9.97 Å². The van der Waals surface area contributed by atoms with Crippen molar-refractivity contribution in [3.8, 4) is 33.9 Å². The van der Waals surface area contributed by atoms with E-state index in [-0.39, 0.29) is 0 Å². The Morgan fingerprint density at radius 3 is 1.83 bits per heavy atom. The molecule has 1 aliphatic rings. The summed E-state index contributed by atoms with van der Waals surface area (Å²) in [5, 5.41) is 2.18. The van der Waals surface area contributed by atoms with Crippen molar-refractivity contribution in [1.82, 2.24) is 9.97 Å². The fourth-order valence-electron chi connectivity index (χ4n) is 7.15. The molecule has 216 valence electrons. The third-order valence-electron chi connectivity index (χ3n) is 9.23. The fraction of sp³-hybridized carbons (Fsp3) is 0.0233. The highest BCUT2D eigenvalue weighted by Crippen LogP contribution is 2.55. The quantitative estimate of drug-likeness (QED) is 0.192. The average Bonchev–Trinajstić information content (AvgIpc) is 3.14. The lowest BCUT2D eigenvalue weighted by Crippen LogP contribution is -2.34. The van der Waals surface area contributed by atoms with Crippen LogP contribution in [0.15, 0.2) is 170 Å². The summed E-state index contributed by atoms with van der Waals surface area (Å²) in [5.41, 5.74) is 10.2. The molecule has 8 aromatic rings. The molecule has 9 rings (SSSR count). The Hall–Kier alpha value is -6.06. The van der Waals surface area contributed by atoms with Gasteiger partial charge in [0, 0.05) is 33.7 Å². The van der Waals surface area contributed by atoms with Crippen molar-refractivity contribution in [1.29, 1.82) is 0 Å². The minimum Gasteiger partial charge on any atom is -0.457 e. The van der Waals surface area contributed by atoms with E-state index < -0.39 is 5.41 Å². The summed E-state index contributed by atoms with van der Waals surface area (Å²) >= 11 is 0. The van der Waals surface area contributed by atoms with Gasteiger partial charge in [0.15, 0.2) is 0 Å². The average molecular weight is 589 g/mol. The molecule has 0 atom stereocenters. The predicted molar refractivity (Wildman–Crippen MR) is 186 cm³/mol. The molecule has 2 aromatic heterocycles.